The summed E-state index contributed by atoms with van der Waals surface area (Å²) in [5, 5.41) is 10.4. The van der Waals surface area contributed by atoms with Crippen LogP contribution in [0, 0.1) is 5.92 Å². The van der Waals surface area contributed by atoms with Gasteiger partial charge in [0.05, 0.1) is 17.8 Å². The molecule has 2 heterocycles. The van der Waals surface area contributed by atoms with Crippen LogP contribution < -0.4 is 0 Å². The number of methoxy groups -OCH3 is 1. The van der Waals surface area contributed by atoms with Crippen LogP contribution >= 0.6 is 11.8 Å². The molecule has 3 nitrogen and oxygen atoms in total. The molecular formula is C12H22O3S. The molecule has 2 saturated heterocycles. The van der Waals surface area contributed by atoms with Gasteiger partial charge in [0.1, 0.15) is 0 Å². The van der Waals surface area contributed by atoms with Gasteiger partial charge in [-0.1, -0.05) is 0 Å². The molecule has 0 aliphatic carbocycles. The Morgan fingerprint density at radius 3 is 3.06 bits per heavy atom. The zero-order valence-electron chi connectivity index (χ0n) is 10.2. The van der Waals surface area contributed by atoms with E-state index in [4.69, 9.17) is 9.47 Å². The number of hydrogen-bond acceptors (Lipinski definition) is 4. The summed E-state index contributed by atoms with van der Waals surface area (Å²) >= 11 is 1.97. The average molecular weight is 246 g/mol. The van der Waals surface area contributed by atoms with Crippen LogP contribution in [0.25, 0.3) is 0 Å². The molecule has 2 aliphatic heterocycles. The zero-order chi connectivity index (χ0) is 11.6. The average Bonchev–Trinajstić information content (AvgIpc) is 2.66. The van der Waals surface area contributed by atoms with Gasteiger partial charge in [-0.3, -0.25) is 0 Å². The van der Waals surface area contributed by atoms with E-state index in [2.05, 4.69) is 0 Å². The van der Waals surface area contributed by atoms with Crippen LogP contribution in [-0.2, 0) is 9.47 Å². The van der Waals surface area contributed by atoms with E-state index in [0.29, 0.717) is 12.5 Å². The highest BCUT2D eigenvalue weighted by molar-refractivity contribution is 7.99. The number of hydrogen-bond donors (Lipinski definition) is 1. The molecule has 0 aromatic carbocycles. The van der Waals surface area contributed by atoms with Gasteiger partial charge < -0.3 is 14.6 Å². The first kappa shape index (κ1) is 12.7. The summed E-state index contributed by atoms with van der Waals surface area (Å²) in [6, 6.07) is 0. The molecule has 0 bridgehead atoms. The fraction of sp³-hybridized carbons (Fsp3) is 1.00. The lowest BCUT2D eigenvalue weighted by Crippen LogP contribution is -2.49. The van der Waals surface area contributed by atoms with E-state index in [1.54, 1.807) is 7.11 Å². The molecule has 4 heteroatoms. The van der Waals surface area contributed by atoms with E-state index < -0.39 is 5.60 Å². The Morgan fingerprint density at radius 1 is 1.62 bits per heavy atom. The SMILES string of the molecule is COCC(C)(O)C1CCOC2(CCSC2)C1. The number of aliphatic hydroxyl groups is 1. The second-order valence-corrected chi connectivity index (χ2v) is 6.42. The molecule has 94 valence electrons. The molecule has 0 saturated carbocycles. The molecule has 3 atom stereocenters. The minimum absolute atomic E-state index is 0.0469. The summed E-state index contributed by atoms with van der Waals surface area (Å²) in [6.45, 7) is 3.09. The normalized spacial score (nSPS) is 38.8. The van der Waals surface area contributed by atoms with E-state index in [9.17, 15) is 5.11 Å². The molecule has 0 amide bonds. The summed E-state index contributed by atoms with van der Waals surface area (Å²) in [6.07, 6.45) is 3.07. The fourth-order valence-electron chi connectivity index (χ4n) is 2.83. The van der Waals surface area contributed by atoms with E-state index in [0.717, 1.165) is 31.6 Å². The van der Waals surface area contributed by atoms with Gasteiger partial charge >= 0.3 is 0 Å². The van der Waals surface area contributed by atoms with Crippen LogP contribution in [-0.4, -0.2) is 48.1 Å². The van der Waals surface area contributed by atoms with Gasteiger partial charge in [-0.25, -0.2) is 0 Å². The quantitative estimate of drug-likeness (QED) is 0.822. The van der Waals surface area contributed by atoms with Crippen LogP contribution in [0.3, 0.4) is 0 Å². The van der Waals surface area contributed by atoms with Crippen LogP contribution in [0.4, 0.5) is 0 Å². The molecule has 2 aliphatic rings. The summed E-state index contributed by atoms with van der Waals surface area (Å²) < 4.78 is 11.1. The monoisotopic (exact) mass is 246 g/mol. The lowest BCUT2D eigenvalue weighted by molar-refractivity contribution is -0.142. The molecular weight excluding hydrogens is 224 g/mol. The second kappa shape index (κ2) is 4.84. The minimum atomic E-state index is -0.710. The standard InChI is InChI=1S/C12H22O3S/c1-11(13,8-14-2)10-3-5-15-12(7-10)4-6-16-9-12/h10,13H,3-9H2,1-2H3. The zero-order valence-corrected chi connectivity index (χ0v) is 11.0. The number of rotatable bonds is 3. The van der Waals surface area contributed by atoms with Gasteiger partial charge in [-0.05, 0) is 37.9 Å². The molecule has 1 N–H and O–H groups in total. The first-order valence-electron chi connectivity index (χ1n) is 6.01. The van der Waals surface area contributed by atoms with Gasteiger partial charge in [-0.2, -0.15) is 11.8 Å². The van der Waals surface area contributed by atoms with Crippen LogP contribution in [0.5, 0.6) is 0 Å². The molecule has 1 spiro atoms. The van der Waals surface area contributed by atoms with E-state index >= 15 is 0 Å². The Bertz CT molecular complexity index is 236. The van der Waals surface area contributed by atoms with Crippen LogP contribution in [0.1, 0.15) is 26.2 Å². The first-order valence-corrected chi connectivity index (χ1v) is 7.16. The summed E-state index contributed by atoms with van der Waals surface area (Å²) in [5.74, 6) is 2.59. The highest BCUT2D eigenvalue weighted by atomic mass is 32.2. The maximum absolute atomic E-state index is 10.4. The predicted molar refractivity (Wildman–Crippen MR) is 65.8 cm³/mol. The third kappa shape index (κ3) is 2.55. The van der Waals surface area contributed by atoms with E-state index in [1.165, 1.54) is 5.75 Å². The highest BCUT2D eigenvalue weighted by Gasteiger charge is 2.45. The van der Waals surface area contributed by atoms with Gasteiger partial charge in [0, 0.05) is 19.5 Å². The van der Waals surface area contributed by atoms with Gasteiger partial charge in [0.15, 0.2) is 0 Å². The van der Waals surface area contributed by atoms with Crippen molar-refractivity contribution in [3.05, 3.63) is 0 Å². The molecule has 0 radical (unpaired) electrons. The fourth-order valence-corrected chi connectivity index (χ4v) is 4.21. The third-order valence-electron chi connectivity index (χ3n) is 3.88. The minimum Gasteiger partial charge on any atom is -0.387 e. The maximum atomic E-state index is 10.4. The van der Waals surface area contributed by atoms with Gasteiger partial charge in [-0.15, -0.1) is 0 Å². The first-order chi connectivity index (χ1) is 7.58. The van der Waals surface area contributed by atoms with Crippen molar-refractivity contribution in [3.8, 4) is 0 Å². The highest BCUT2D eigenvalue weighted by Crippen LogP contribution is 2.43. The molecule has 0 aromatic rings. The van der Waals surface area contributed by atoms with E-state index in [-0.39, 0.29) is 5.60 Å². The van der Waals surface area contributed by atoms with Crippen molar-refractivity contribution >= 4 is 11.8 Å². The van der Waals surface area contributed by atoms with Crippen molar-refractivity contribution in [2.24, 2.45) is 5.92 Å². The van der Waals surface area contributed by atoms with Crippen LogP contribution in [0.15, 0.2) is 0 Å². The van der Waals surface area contributed by atoms with Gasteiger partial charge in [0.25, 0.3) is 0 Å². The van der Waals surface area contributed by atoms with Crippen molar-refractivity contribution in [3.63, 3.8) is 0 Å². The van der Waals surface area contributed by atoms with Crippen molar-refractivity contribution in [2.45, 2.75) is 37.4 Å². The summed E-state index contributed by atoms with van der Waals surface area (Å²) in [5.41, 5.74) is -0.663. The lowest BCUT2D eigenvalue weighted by Gasteiger charge is -2.43. The van der Waals surface area contributed by atoms with E-state index in [1.807, 2.05) is 18.7 Å². The molecule has 16 heavy (non-hydrogen) atoms. The Morgan fingerprint density at radius 2 is 2.44 bits per heavy atom. The molecule has 0 aromatic heterocycles. The third-order valence-corrected chi connectivity index (χ3v) is 5.10. The predicted octanol–water partition coefficient (Wildman–Crippen LogP) is 1.69. The summed E-state index contributed by atoms with van der Waals surface area (Å²) in [7, 11) is 1.65. The molecule has 3 unspecified atom stereocenters. The topological polar surface area (TPSA) is 38.7 Å². The Kier molecular flexibility index (Phi) is 3.84. The summed E-state index contributed by atoms with van der Waals surface area (Å²) in [4.78, 5) is 0. The van der Waals surface area contributed by atoms with Crippen molar-refractivity contribution in [2.75, 3.05) is 31.8 Å². The maximum Gasteiger partial charge on any atom is 0.0881 e. The smallest absolute Gasteiger partial charge is 0.0881 e. The molecule has 2 fully saturated rings. The number of ether oxygens (including phenoxy) is 2. The van der Waals surface area contributed by atoms with Crippen LogP contribution in [0.2, 0.25) is 0 Å². The van der Waals surface area contributed by atoms with Crippen molar-refractivity contribution in [1.82, 2.24) is 0 Å². The Balaban J connectivity index is 2.00. The second-order valence-electron chi connectivity index (χ2n) is 5.31. The lowest BCUT2D eigenvalue weighted by atomic mass is 9.76. The Labute approximate surface area is 102 Å². The Hall–Kier alpha value is 0.230. The van der Waals surface area contributed by atoms with Gasteiger partial charge in [0.2, 0.25) is 0 Å². The number of thioether (sulfide) groups is 1. The van der Waals surface area contributed by atoms with Crippen molar-refractivity contribution in [1.29, 1.82) is 0 Å². The van der Waals surface area contributed by atoms with Crippen molar-refractivity contribution < 1.29 is 14.6 Å². The molecule has 2 rings (SSSR count). The largest absolute Gasteiger partial charge is 0.387 e.